The van der Waals surface area contributed by atoms with Gasteiger partial charge in [-0.15, -0.1) is 11.8 Å². The van der Waals surface area contributed by atoms with Crippen LogP contribution in [-0.4, -0.2) is 32.6 Å². The number of hydrogen-bond donors (Lipinski definition) is 0. The van der Waals surface area contributed by atoms with Crippen LogP contribution in [0.15, 0.2) is 26.9 Å². The average Bonchev–Trinajstić information content (AvgIpc) is 3.18. The molecule has 0 saturated heterocycles. The van der Waals surface area contributed by atoms with Crippen molar-refractivity contribution in [3.8, 4) is 16.4 Å². The van der Waals surface area contributed by atoms with Gasteiger partial charge in [0.05, 0.1) is 36.7 Å². The quantitative estimate of drug-likeness (QED) is 0.250. The Morgan fingerprint density at radius 1 is 1.34 bits per heavy atom. The molecule has 3 aromatic rings. The number of esters is 1. The van der Waals surface area contributed by atoms with Gasteiger partial charge in [-0.25, -0.2) is 9.78 Å². The van der Waals surface area contributed by atoms with Gasteiger partial charge < -0.3 is 4.74 Å². The van der Waals surface area contributed by atoms with Gasteiger partial charge in [0.2, 0.25) is 5.13 Å². The van der Waals surface area contributed by atoms with Crippen molar-refractivity contribution in [2.75, 3.05) is 6.61 Å². The van der Waals surface area contributed by atoms with E-state index in [-0.39, 0.29) is 6.61 Å². The fraction of sp³-hybridized carbons (Fsp3) is 0.316. The van der Waals surface area contributed by atoms with Gasteiger partial charge in [0.1, 0.15) is 0 Å². The van der Waals surface area contributed by atoms with Crippen molar-refractivity contribution in [2.45, 2.75) is 37.2 Å². The Kier molecular flexibility index (Phi) is 7.32. The second-order valence-electron chi connectivity index (χ2n) is 6.31. The molecule has 0 saturated carbocycles. The zero-order chi connectivity index (χ0) is 21.3. The van der Waals surface area contributed by atoms with E-state index < -0.39 is 5.97 Å². The predicted molar refractivity (Wildman–Crippen MR) is 124 cm³/mol. The number of hydrogen-bond acceptors (Lipinski definition) is 6. The highest BCUT2D eigenvalue weighted by atomic mass is 79.9. The second-order valence-corrected chi connectivity index (χ2v) is 10.7. The van der Waals surface area contributed by atoms with Crippen LogP contribution in [0.25, 0.3) is 16.4 Å². The van der Waals surface area contributed by atoms with Gasteiger partial charge in [0.25, 0.3) is 0 Å². The van der Waals surface area contributed by atoms with Crippen molar-refractivity contribution in [3.63, 3.8) is 0 Å². The van der Waals surface area contributed by atoms with E-state index in [1.165, 1.54) is 16.0 Å². The molecule has 1 aromatic carbocycles. The SMILES string of the molecule is CCOC(=O)c1c(Br)c(C)nn1-c1nc(-c2ccc(Cl)c(Cl)c2)c(SC(C)C)s1. The van der Waals surface area contributed by atoms with Crippen LogP contribution < -0.4 is 0 Å². The van der Waals surface area contributed by atoms with Crippen LogP contribution in [0.1, 0.15) is 37.0 Å². The molecule has 0 radical (unpaired) electrons. The third-order valence-electron chi connectivity index (χ3n) is 3.76. The Hall–Kier alpha value is -1.06. The third-order valence-corrected chi connectivity index (χ3v) is 7.69. The van der Waals surface area contributed by atoms with Crippen molar-refractivity contribution in [1.29, 1.82) is 0 Å². The maximum atomic E-state index is 12.5. The molecule has 0 aliphatic rings. The summed E-state index contributed by atoms with van der Waals surface area (Å²) >= 11 is 18.9. The van der Waals surface area contributed by atoms with E-state index in [1.54, 1.807) is 30.8 Å². The molecule has 0 aliphatic heterocycles. The minimum atomic E-state index is -0.454. The minimum Gasteiger partial charge on any atom is -0.461 e. The van der Waals surface area contributed by atoms with Gasteiger partial charge >= 0.3 is 5.97 Å². The Balaban J connectivity index is 2.17. The van der Waals surface area contributed by atoms with Crippen LogP contribution in [0.3, 0.4) is 0 Å². The highest BCUT2D eigenvalue weighted by Gasteiger charge is 2.26. The predicted octanol–water partition coefficient (Wildman–Crippen LogP) is 7.05. The van der Waals surface area contributed by atoms with Crippen molar-refractivity contribution in [3.05, 3.63) is 44.1 Å². The number of halogens is 3. The number of thiazole rings is 1. The van der Waals surface area contributed by atoms with Crippen molar-refractivity contribution < 1.29 is 9.53 Å². The number of benzene rings is 1. The van der Waals surface area contributed by atoms with E-state index in [2.05, 4.69) is 34.9 Å². The zero-order valence-corrected chi connectivity index (χ0v) is 20.9. The monoisotopic (exact) mass is 533 g/mol. The van der Waals surface area contributed by atoms with Crippen molar-refractivity contribution >= 4 is 68.2 Å². The van der Waals surface area contributed by atoms with E-state index in [4.69, 9.17) is 32.9 Å². The molecule has 10 heteroatoms. The number of carbonyl (C=O) groups excluding carboxylic acids is 1. The third kappa shape index (κ3) is 4.82. The molecule has 0 spiro atoms. The van der Waals surface area contributed by atoms with Crippen LogP contribution in [-0.2, 0) is 4.74 Å². The van der Waals surface area contributed by atoms with Crippen LogP contribution >= 0.6 is 62.2 Å². The summed E-state index contributed by atoms with van der Waals surface area (Å²) in [6.45, 7) is 8.09. The maximum Gasteiger partial charge on any atom is 0.358 e. The number of rotatable bonds is 6. The summed E-state index contributed by atoms with van der Waals surface area (Å²) in [4.78, 5) is 17.3. The fourth-order valence-corrected chi connectivity index (χ4v) is 5.71. The molecular formula is C19H18BrCl2N3O2S2. The highest BCUT2D eigenvalue weighted by molar-refractivity contribution is 9.10. The molecule has 2 aromatic heterocycles. The first-order valence-electron chi connectivity index (χ1n) is 8.78. The standard InChI is InChI=1S/C19H18BrCl2N3O2S2/c1-5-27-17(26)16-14(20)10(4)24-25(16)19-23-15(18(29-19)28-9(2)3)11-6-7-12(21)13(22)8-11/h6-9H,5H2,1-4H3. The average molecular weight is 535 g/mol. The van der Waals surface area contributed by atoms with Crippen LogP contribution in [0, 0.1) is 6.92 Å². The summed E-state index contributed by atoms with van der Waals surface area (Å²) in [6.07, 6.45) is 0. The minimum absolute atomic E-state index is 0.274. The number of nitrogens with zero attached hydrogens (tertiary/aromatic N) is 3. The Morgan fingerprint density at radius 2 is 2.07 bits per heavy atom. The van der Waals surface area contributed by atoms with Crippen LogP contribution in [0.4, 0.5) is 0 Å². The van der Waals surface area contributed by atoms with Crippen LogP contribution in [0.5, 0.6) is 0 Å². The number of aromatic nitrogens is 3. The number of ether oxygens (including phenoxy) is 1. The molecule has 0 fully saturated rings. The number of carbonyl (C=O) groups is 1. The number of thioether (sulfide) groups is 1. The molecule has 3 rings (SSSR count). The molecule has 0 N–H and O–H groups in total. The smallest absolute Gasteiger partial charge is 0.358 e. The summed E-state index contributed by atoms with van der Waals surface area (Å²) in [5.74, 6) is -0.454. The maximum absolute atomic E-state index is 12.5. The zero-order valence-electron chi connectivity index (χ0n) is 16.1. The lowest BCUT2D eigenvalue weighted by Crippen LogP contribution is -2.12. The molecule has 5 nitrogen and oxygen atoms in total. The van der Waals surface area contributed by atoms with E-state index in [0.717, 1.165) is 15.5 Å². The first-order chi connectivity index (χ1) is 13.7. The van der Waals surface area contributed by atoms with Crippen molar-refractivity contribution in [1.82, 2.24) is 14.8 Å². The molecule has 0 atom stereocenters. The molecule has 154 valence electrons. The summed E-state index contributed by atoms with van der Waals surface area (Å²) in [5.41, 5.74) is 2.63. The number of aryl methyl sites for hydroxylation is 1. The summed E-state index contributed by atoms with van der Waals surface area (Å²) in [5, 5.41) is 6.37. The lowest BCUT2D eigenvalue weighted by molar-refractivity contribution is 0.0514. The summed E-state index contributed by atoms with van der Waals surface area (Å²) in [6, 6.07) is 5.43. The van der Waals surface area contributed by atoms with Gasteiger partial charge in [-0.3, -0.25) is 0 Å². The molecule has 0 bridgehead atoms. The Bertz CT molecular complexity index is 1070. The fourth-order valence-electron chi connectivity index (χ4n) is 2.53. The summed E-state index contributed by atoms with van der Waals surface area (Å²) in [7, 11) is 0. The second kappa shape index (κ2) is 9.39. The van der Waals surface area contributed by atoms with Gasteiger partial charge in [-0.2, -0.15) is 9.78 Å². The van der Waals surface area contributed by atoms with E-state index in [9.17, 15) is 4.79 Å². The largest absolute Gasteiger partial charge is 0.461 e. The molecule has 29 heavy (non-hydrogen) atoms. The van der Waals surface area contributed by atoms with Gasteiger partial charge in [-0.1, -0.05) is 54.5 Å². The normalized spacial score (nSPS) is 11.3. The van der Waals surface area contributed by atoms with Gasteiger partial charge in [0.15, 0.2) is 5.69 Å². The van der Waals surface area contributed by atoms with E-state index >= 15 is 0 Å². The molecule has 0 amide bonds. The van der Waals surface area contributed by atoms with Crippen LogP contribution in [0.2, 0.25) is 10.0 Å². The Morgan fingerprint density at radius 3 is 2.69 bits per heavy atom. The van der Waals surface area contributed by atoms with E-state index in [1.807, 2.05) is 13.0 Å². The molecule has 0 unspecified atom stereocenters. The first kappa shape index (κ1) is 22.6. The lowest BCUT2D eigenvalue weighted by atomic mass is 10.2. The first-order valence-corrected chi connectivity index (χ1v) is 12.0. The highest BCUT2D eigenvalue weighted by Crippen LogP contribution is 2.41. The van der Waals surface area contributed by atoms with Crippen molar-refractivity contribution in [2.24, 2.45) is 0 Å². The molecule has 2 heterocycles. The van der Waals surface area contributed by atoms with Gasteiger partial charge in [0, 0.05) is 10.8 Å². The van der Waals surface area contributed by atoms with Gasteiger partial charge in [-0.05, 0) is 41.9 Å². The molecular weight excluding hydrogens is 517 g/mol. The molecule has 0 aliphatic carbocycles. The summed E-state index contributed by atoms with van der Waals surface area (Å²) < 4.78 is 8.35. The Labute approximate surface area is 195 Å². The lowest BCUT2D eigenvalue weighted by Gasteiger charge is -2.05. The topological polar surface area (TPSA) is 57.0 Å². The van der Waals surface area contributed by atoms with E-state index in [0.29, 0.717) is 36.3 Å².